The molecule has 0 fully saturated rings. The van der Waals surface area contributed by atoms with Gasteiger partial charge in [-0.1, -0.05) is 36.4 Å². The summed E-state index contributed by atoms with van der Waals surface area (Å²) in [5, 5.41) is 5.99. The number of nitrogens with one attached hydrogen (secondary N) is 1. The third kappa shape index (κ3) is 5.33. The molecule has 3 aromatic rings. The van der Waals surface area contributed by atoms with Crippen LogP contribution in [0.5, 0.6) is 11.5 Å². The van der Waals surface area contributed by atoms with E-state index >= 15 is 0 Å². The Morgan fingerprint density at radius 1 is 1.04 bits per heavy atom. The zero-order valence-electron chi connectivity index (χ0n) is 16.1. The van der Waals surface area contributed by atoms with Crippen molar-refractivity contribution in [2.45, 2.75) is 19.3 Å². The van der Waals surface area contributed by atoms with Gasteiger partial charge in [0.05, 0.1) is 24.9 Å². The zero-order valence-corrected chi connectivity index (χ0v) is 16.9. The van der Waals surface area contributed by atoms with Crippen LogP contribution in [0.15, 0.2) is 53.9 Å². The minimum Gasteiger partial charge on any atom is -0.493 e. The number of amides is 1. The van der Waals surface area contributed by atoms with Crippen LogP contribution in [0.2, 0.25) is 0 Å². The fourth-order valence-corrected chi connectivity index (χ4v) is 3.67. The molecule has 1 amide bonds. The van der Waals surface area contributed by atoms with Gasteiger partial charge in [0.25, 0.3) is 0 Å². The van der Waals surface area contributed by atoms with E-state index in [0.717, 1.165) is 28.2 Å². The van der Waals surface area contributed by atoms with Gasteiger partial charge in [0.1, 0.15) is 0 Å². The van der Waals surface area contributed by atoms with E-state index in [1.54, 1.807) is 25.6 Å². The van der Waals surface area contributed by atoms with Crippen molar-refractivity contribution in [2.75, 3.05) is 20.8 Å². The van der Waals surface area contributed by atoms with Crippen molar-refractivity contribution in [3.05, 3.63) is 64.5 Å². The highest BCUT2D eigenvalue weighted by molar-refractivity contribution is 7.09. The highest BCUT2D eigenvalue weighted by atomic mass is 32.1. The van der Waals surface area contributed by atoms with Crippen molar-refractivity contribution >= 4 is 17.2 Å². The Balaban J connectivity index is 1.43. The molecule has 0 aliphatic heterocycles. The Morgan fingerprint density at radius 2 is 1.82 bits per heavy atom. The minimum atomic E-state index is 0.0388. The number of ether oxygens (including phenoxy) is 2. The van der Waals surface area contributed by atoms with Crippen LogP contribution in [0.25, 0.3) is 11.3 Å². The van der Waals surface area contributed by atoms with Crippen molar-refractivity contribution < 1.29 is 14.3 Å². The maximum Gasteiger partial charge on any atom is 0.220 e. The third-order valence-corrected chi connectivity index (χ3v) is 5.28. The largest absolute Gasteiger partial charge is 0.493 e. The SMILES string of the molecule is COc1ccc(CCNC(=O)CCc2nc(-c3ccccc3)cs2)cc1OC. The number of carbonyl (C=O) groups excluding carboxylic acids is 1. The Kier molecular flexibility index (Phi) is 7.03. The van der Waals surface area contributed by atoms with Gasteiger partial charge in [-0.25, -0.2) is 4.98 Å². The molecule has 6 heteroatoms. The highest BCUT2D eigenvalue weighted by Crippen LogP contribution is 2.27. The number of benzene rings is 2. The van der Waals surface area contributed by atoms with Crippen molar-refractivity contribution in [2.24, 2.45) is 0 Å². The van der Waals surface area contributed by atoms with Crippen LogP contribution < -0.4 is 14.8 Å². The van der Waals surface area contributed by atoms with Gasteiger partial charge in [0, 0.05) is 30.3 Å². The van der Waals surface area contributed by atoms with E-state index in [2.05, 4.69) is 10.3 Å². The summed E-state index contributed by atoms with van der Waals surface area (Å²) >= 11 is 1.60. The molecule has 3 rings (SSSR count). The van der Waals surface area contributed by atoms with E-state index in [1.807, 2.05) is 53.9 Å². The second-order valence-corrected chi connectivity index (χ2v) is 7.22. The minimum absolute atomic E-state index is 0.0388. The van der Waals surface area contributed by atoms with Crippen LogP contribution in [-0.4, -0.2) is 31.7 Å². The average molecular weight is 397 g/mol. The molecule has 1 aromatic heterocycles. The number of nitrogens with zero attached hydrogens (tertiary/aromatic N) is 1. The van der Waals surface area contributed by atoms with Gasteiger partial charge in [-0.05, 0) is 24.1 Å². The lowest BCUT2D eigenvalue weighted by molar-refractivity contribution is -0.121. The first-order valence-electron chi connectivity index (χ1n) is 9.17. The molecular weight excluding hydrogens is 372 g/mol. The quantitative estimate of drug-likeness (QED) is 0.591. The Morgan fingerprint density at radius 3 is 2.57 bits per heavy atom. The van der Waals surface area contributed by atoms with Crippen LogP contribution in [0.4, 0.5) is 0 Å². The molecule has 0 spiro atoms. The van der Waals surface area contributed by atoms with Crippen molar-refractivity contribution in [1.29, 1.82) is 0 Å². The summed E-state index contributed by atoms with van der Waals surface area (Å²) in [6, 6.07) is 15.9. The number of aromatic nitrogens is 1. The maximum absolute atomic E-state index is 12.1. The molecule has 1 N–H and O–H groups in total. The summed E-state index contributed by atoms with van der Waals surface area (Å²) in [7, 11) is 3.23. The molecule has 0 bridgehead atoms. The van der Waals surface area contributed by atoms with Gasteiger partial charge in [0.15, 0.2) is 11.5 Å². The number of hydrogen-bond donors (Lipinski definition) is 1. The number of thiazole rings is 1. The summed E-state index contributed by atoms with van der Waals surface area (Å²) < 4.78 is 10.5. The summed E-state index contributed by atoms with van der Waals surface area (Å²) in [6.07, 6.45) is 1.83. The molecule has 2 aromatic carbocycles. The number of rotatable bonds is 9. The number of methoxy groups -OCH3 is 2. The first-order valence-corrected chi connectivity index (χ1v) is 10.0. The Hall–Kier alpha value is -2.86. The number of carbonyl (C=O) groups is 1. The zero-order chi connectivity index (χ0) is 19.8. The molecule has 146 valence electrons. The van der Waals surface area contributed by atoms with E-state index in [9.17, 15) is 4.79 Å². The molecule has 0 atom stereocenters. The van der Waals surface area contributed by atoms with E-state index < -0.39 is 0 Å². The van der Waals surface area contributed by atoms with Crippen molar-refractivity contribution in [3.8, 4) is 22.8 Å². The normalized spacial score (nSPS) is 10.5. The molecule has 0 saturated heterocycles. The van der Waals surface area contributed by atoms with Gasteiger partial charge < -0.3 is 14.8 Å². The van der Waals surface area contributed by atoms with E-state index in [0.29, 0.717) is 30.9 Å². The predicted octanol–water partition coefficient (Wildman–Crippen LogP) is 4.12. The first-order chi connectivity index (χ1) is 13.7. The number of aryl methyl sites for hydroxylation is 1. The lowest BCUT2D eigenvalue weighted by Gasteiger charge is -2.10. The van der Waals surface area contributed by atoms with Crippen LogP contribution in [-0.2, 0) is 17.6 Å². The molecular formula is C22H24N2O3S. The van der Waals surface area contributed by atoms with Crippen LogP contribution in [0.3, 0.4) is 0 Å². The summed E-state index contributed by atoms with van der Waals surface area (Å²) in [6.45, 7) is 0.585. The smallest absolute Gasteiger partial charge is 0.220 e. The molecule has 5 nitrogen and oxygen atoms in total. The molecule has 0 aliphatic rings. The molecule has 28 heavy (non-hydrogen) atoms. The van der Waals surface area contributed by atoms with E-state index in [1.165, 1.54) is 0 Å². The van der Waals surface area contributed by atoms with Crippen LogP contribution in [0.1, 0.15) is 17.0 Å². The third-order valence-electron chi connectivity index (χ3n) is 4.37. The van der Waals surface area contributed by atoms with Crippen LogP contribution >= 0.6 is 11.3 Å². The van der Waals surface area contributed by atoms with Gasteiger partial charge in [-0.2, -0.15) is 0 Å². The summed E-state index contributed by atoms with van der Waals surface area (Å²) in [5.41, 5.74) is 3.16. The first kappa shape index (κ1) is 19.9. The molecule has 0 saturated carbocycles. The predicted molar refractivity (Wildman–Crippen MR) is 112 cm³/mol. The van der Waals surface area contributed by atoms with Gasteiger partial charge in [-0.15, -0.1) is 11.3 Å². The topological polar surface area (TPSA) is 60.5 Å². The second kappa shape index (κ2) is 9.90. The fourth-order valence-electron chi connectivity index (χ4n) is 2.86. The highest BCUT2D eigenvalue weighted by Gasteiger charge is 2.08. The average Bonchev–Trinajstić information content (AvgIpc) is 3.22. The van der Waals surface area contributed by atoms with E-state index in [4.69, 9.17) is 9.47 Å². The van der Waals surface area contributed by atoms with Gasteiger partial charge in [0.2, 0.25) is 5.91 Å². The Bertz CT molecular complexity index is 909. The standard InChI is InChI=1S/C22H24N2O3S/c1-26-19-9-8-16(14-20(19)27-2)12-13-23-21(25)10-11-22-24-18(15-28-22)17-6-4-3-5-7-17/h3-9,14-15H,10-13H2,1-2H3,(H,23,25). The lowest BCUT2D eigenvalue weighted by atomic mass is 10.1. The Labute approximate surface area is 169 Å². The number of hydrogen-bond acceptors (Lipinski definition) is 5. The van der Waals surface area contributed by atoms with Crippen molar-refractivity contribution in [3.63, 3.8) is 0 Å². The monoisotopic (exact) mass is 396 g/mol. The molecule has 1 heterocycles. The molecule has 0 radical (unpaired) electrons. The van der Waals surface area contributed by atoms with Gasteiger partial charge in [-0.3, -0.25) is 4.79 Å². The maximum atomic E-state index is 12.1. The van der Waals surface area contributed by atoms with E-state index in [-0.39, 0.29) is 5.91 Å². The van der Waals surface area contributed by atoms with Gasteiger partial charge >= 0.3 is 0 Å². The summed E-state index contributed by atoms with van der Waals surface area (Å²) in [4.78, 5) is 16.8. The molecule has 0 aliphatic carbocycles. The fraction of sp³-hybridized carbons (Fsp3) is 0.273. The summed E-state index contributed by atoms with van der Waals surface area (Å²) in [5.74, 6) is 1.44. The lowest BCUT2D eigenvalue weighted by Crippen LogP contribution is -2.25. The van der Waals surface area contributed by atoms with Crippen LogP contribution in [0, 0.1) is 0 Å². The second-order valence-electron chi connectivity index (χ2n) is 6.28. The van der Waals surface area contributed by atoms with Crippen molar-refractivity contribution in [1.82, 2.24) is 10.3 Å². The molecule has 0 unspecified atom stereocenters.